The number of hydrogen-bond acceptors (Lipinski definition) is 5. The fourth-order valence-corrected chi connectivity index (χ4v) is 5.60. The van der Waals surface area contributed by atoms with Gasteiger partial charge in [0.1, 0.15) is 0 Å². The van der Waals surface area contributed by atoms with Crippen LogP contribution in [-0.4, -0.2) is 26.1 Å². The van der Waals surface area contributed by atoms with E-state index in [4.69, 9.17) is 0 Å². The van der Waals surface area contributed by atoms with Crippen molar-refractivity contribution >= 4 is 43.0 Å². The maximum absolute atomic E-state index is 12.7. The number of anilines is 2. The van der Waals surface area contributed by atoms with Gasteiger partial charge in [-0.3, -0.25) is 14.1 Å². The molecular weight excluding hydrogens is 382 g/mol. The van der Waals surface area contributed by atoms with Crippen molar-refractivity contribution in [3.8, 4) is 0 Å². The smallest absolute Gasteiger partial charge is 0.308 e. The van der Waals surface area contributed by atoms with E-state index in [1.165, 1.54) is 12.8 Å². The molecule has 1 aliphatic rings. The average molecular weight is 404 g/mol. The lowest BCUT2D eigenvalue weighted by molar-refractivity contribution is 0.601. The highest BCUT2D eigenvalue weighted by atomic mass is 32.2. The summed E-state index contributed by atoms with van der Waals surface area (Å²) >= 11 is 1.07. The second-order valence-electron chi connectivity index (χ2n) is 6.59. The number of sulfonamides is 1. The Balaban J connectivity index is 1.59. The van der Waals surface area contributed by atoms with Crippen molar-refractivity contribution in [3.05, 3.63) is 52.1 Å². The summed E-state index contributed by atoms with van der Waals surface area (Å²) in [6.07, 6.45) is 2.39. The molecule has 0 amide bonds. The molecule has 6 nitrogen and oxygen atoms in total. The minimum absolute atomic E-state index is 0.0764. The minimum Gasteiger partial charge on any atom is -0.372 e. The molecule has 0 aliphatic carbocycles. The van der Waals surface area contributed by atoms with Crippen LogP contribution in [0.4, 0.5) is 11.4 Å². The van der Waals surface area contributed by atoms with E-state index in [0.717, 1.165) is 35.6 Å². The zero-order chi connectivity index (χ0) is 19.0. The normalized spacial score (nSPS) is 14.8. The van der Waals surface area contributed by atoms with Crippen LogP contribution in [0.5, 0.6) is 0 Å². The Morgan fingerprint density at radius 1 is 1.07 bits per heavy atom. The predicted molar refractivity (Wildman–Crippen MR) is 110 cm³/mol. The van der Waals surface area contributed by atoms with Crippen molar-refractivity contribution in [2.75, 3.05) is 22.7 Å². The van der Waals surface area contributed by atoms with E-state index in [0.29, 0.717) is 16.9 Å². The maximum Gasteiger partial charge on any atom is 0.308 e. The Morgan fingerprint density at radius 3 is 2.44 bits per heavy atom. The van der Waals surface area contributed by atoms with Gasteiger partial charge in [0.25, 0.3) is 10.0 Å². The van der Waals surface area contributed by atoms with Gasteiger partial charge >= 0.3 is 4.87 Å². The molecule has 0 unspecified atom stereocenters. The number of benzene rings is 2. The van der Waals surface area contributed by atoms with Crippen LogP contribution in [-0.2, 0) is 16.6 Å². The number of aryl methyl sites for hydroxylation is 1. The summed E-state index contributed by atoms with van der Waals surface area (Å²) in [5, 5.41) is 0. The first-order valence-electron chi connectivity index (χ1n) is 8.99. The van der Waals surface area contributed by atoms with Crippen LogP contribution in [0.3, 0.4) is 0 Å². The average Bonchev–Trinajstić information content (AvgIpc) is 3.28. The van der Waals surface area contributed by atoms with E-state index in [9.17, 15) is 13.2 Å². The van der Waals surface area contributed by atoms with E-state index in [2.05, 4.69) is 9.62 Å². The molecule has 142 valence electrons. The zero-order valence-corrected chi connectivity index (χ0v) is 16.6. The van der Waals surface area contributed by atoms with Crippen LogP contribution < -0.4 is 14.5 Å². The zero-order valence-electron chi connectivity index (χ0n) is 15.0. The van der Waals surface area contributed by atoms with Gasteiger partial charge in [0.2, 0.25) is 0 Å². The molecular formula is C19H21N3O3S2. The summed E-state index contributed by atoms with van der Waals surface area (Å²) in [6, 6.07) is 12.3. The highest BCUT2D eigenvalue weighted by Crippen LogP contribution is 2.25. The molecule has 8 heteroatoms. The molecule has 2 heterocycles. The van der Waals surface area contributed by atoms with Gasteiger partial charge in [-0.1, -0.05) is 11.3 Å². The summed E-state index contributed by atoms with van der Waals surface area (Å²) in [5.41, 5.74) is 2.40. The van der Waals surface area contributed by atoms with Crippen LogP contribution in [0.2, 0.25) is 0 Å². The van der Waals surface area contributed by atoms with Gasteiger partial charge in [-0.25, -0.2) is 8.42 Å². The topological polar surface area (TPSA) is 71.4 Å². The number of thiazole rings is 1. The standard InChI is InChI=1S/C19H21N3O3S2/c1-2-22-17-10-9-16(13-18(17)26-19(22)23)27(24,25)20-14-5-7-15(8-6-14)21-11-3-4-12-21/h5-10,13,20H,2-4,11-12H2,1H3. The number of fused-ring (bicyclic) bond motifs is 1. The highest BCUT2D eigenvalue weighted by molar-refractivity contribution is 7.92. The largest absolute Gasteiger partial charge is 0.372 e. The Labute approximate surface area is 162 Å². The van der Waals surface area contributed by atoms with Crippen molar-refractivity contribution in [2.24, 2.45) is 0 Å². The molecule has 27 heavy (non-hydrogen) atoms. The van der Waals surface area contributed by atoms with Crippen LogP contribution >= 0.6 is 11.3 Å². The summed E-state index contributed by atoms with van der Waals surface area (Å²) in [6.45, 7) is 4.55. The van der Waals surface area contributed by atoms with Crippen molar-refractivity contribution < 1.29 is 8.42 Å². The molecule has 1 fully saturated rings. The first-order chi connectivity index (χ1) is 13.0. The number of nitrogens with one attached hydrogen (secondary N) is 1. The quantitative estimate of drug-likeness (QED) is 0.708. The van der Waals surface area contributed by atoms with Crippen LogP contribution in [0, 0.1) is 0 Å². The number of nitrogens with zero attached hydrogens (tertiary/aromatic N) is 2. The van der Waals surface area contributed by atoms with Crippen LogP contribution in [0.25, 0.3) is 10.2 Å². The number of aromatic nitrogens is 1. The third kappa shape index (κ3) is 3.46. The molecule has 0 bridgehead atoms. The summed E-state index contributed by atoms with van der Waals surface area (Å²) in [5.74, 6) is 0. The summed E-state index contributed by atoms with van der Waals surface area (Å²) in [4.78, 5) is 14.4. The third-order valence-corrected chi connectivity index (χ3v) is 7.18. The molecule has 2 aromatic carbocycles. The summed E-state index contributed by atoms with van der Waals surface area (Å²) < 4.78 is 30.4. The third-order valence-electron chi connectivity index (χ3n) is 4.86. The lowest BCUT2D eigenvalue weighted by Gasteiger charge is -2.18. The molecule has 0 radical (unpaired) electrons. The van der Waals surface area contributed by atoms with E-state index >= 15 is 0 Å². The molecule has 1 saturated heterocycles. The molecule has 1 N–H and O–H groups in total. The monoisotopic (exact) mass is 403 g/mol. The molecule has 3 aromatic rings. The van der Waals surface area contributed by atoms with Crippen molar-refractivity contribution in [1.82, 2.24) is 4.57 Å². The number of rotatable bonds is 5. The van der Waals surface area contributed by atoms with E-state index < -0.39 is 10.0 Å². The Bertz CT molecular complexity index is 1130. The SMILES string of the molecule is CCn1c(=O)sc2cc(S(=O)(=O)Nc3ccc(N4CCCC4)cc3)ccc21. The van der Waals surface area contributed by atoms with Gasteiger partial charge in [-0.05, 0) is 62.2 Å². The molecule has 1 aliphatic heterocycles. The fraction of sp³-hybridized carbons (Fsp3) is 0.316. The van der Waals surface area contributed by atoms with E-state index in [-0.39, 0.29) is 9.77 Å². The lowest BCUT2D eigenvalue weighted by atomic mass is 10.2. The fourth-order valence-electron chi connectivity index (χ4n) is 3.44. The van der Waals surface area contributed by atoms with Gasteiger partial charge in [0, 0.05) is 31.0 Å². The molecule has 4 rings (SSSR count). The second kappa shape index (κ2) is 7.01. The van der Waals surface area contributed by atoms with Crippen LogP contribution in [0.1, 0.15) is 19.8 Å². The van der Waals surface area contributed by atoms with Crippen LogP contribution in [0.15, 0.2) is 52.2 Å². The van der Waals surface area contributed by atoms with Gasteiger partial charge < -0.3 is 4.90 Å². The van der Waals surface area contributed by atoms with E-state index in [1.807, 2.05) is 19.1 Å². The first kappa shape index (κ1) is 18.1. The molecule has 0 atom stereocenters. The first-order valence-corrected chi connectivity index (χ1v) is 11.3. The second-order valence-corrected chi connectivity index (χ2v) is 9.26. The van der Waals surface area contributed by atoms with Crippen molar-refractivity contribution in [1.29, 1.82) is 0 Å². The van der Waals surface area contributed by atoms with Crippen molar-refractivity contribution in [2.45, 2.75) is 31.2 Å². The van der Waals surface area contributed by atoms with Gasteiger partial charge in [0.15, 0.2) is 0 Å². The lowest BCUT2D eigenvalue weighted by Crippen LogP contribution is -2.17. The molecule has 0 saturated carbocycles. The van der Waals surface area contributed by atoms with Gasteiger partial charge in [-0.2, -0.15) is 0 Å². The Morgan fingerprint density at radius 2 is 1.78 bits per heavy atom. The van der Waals surface area contributed by atoms with Gasteiger partial charge in [-0.15, -0.1) is 0 Å². The Kier molecular flexibility index (Phi) is 4.69. The van der Waals surface area contributed by atoms with E-state index in [1.54, 1.807) is 34.9 Å². The molecule has 1 aromatic heterocycles. The van der Waals surface area contributed by atoms with Crippen molar-refractivity contribution in [3.63, 3.8) is 0 Å². The predicted octanol–water partition coefficient (Wildman–Crippen LogP) is 3.48. The maximum atomic E-state index is 12.7. The van der Waals surface area contributed by atoms with Gasteiger partial charge in [0.05, 0.1) is 15.1 Å². The molecule has 0 spiro atoms. The highest BCUT2D eigenvalue weighted by Gasteiger charge is 2.17. The minimum atomic E-state index is -3.72. The summed E-state index contributed by atoms with van der Waals surface area (Å²) in [7, 11) is -3.72. The Hall–Kier alpha value is -2.32. The number of hydrogen-bond donors (Lipinski definition) is 1.